The van der Waals surface area contributed by atoms with Gasteiger partial charge in [0.2, 0.25) is 5.91 Å². The molecule has 0 heterocycles. The molecule has 0 aromatic heterocycles. The molecule has 0 saturated heterocycles. The van der Waals surface area contributed by atoms with E-state index in [0.717, 1.165) is 12.0 Å². The van der Waals surface area contributed by atoms with Crippen LogP contribution in [0.5, 0.6) is 0 Å². The zero-order chi connectivity index (χ0) is 13.9. The summed E-state index contributed by atoms with van der Waals surface area (Å²) in [7, 11) is 1.79. The van der Waals surface area contributed by atoms with Gasteiger partial charge in [-0.25, -0.2) is 0 Å². The lowest BCUT2D eigenvalue weighted by atomic mass is 9.88. The van der Waals surface area contributed by atoms with E-state index in [2.05, 4.69) is 0 Å². The van der Waals surface area contributed by atoms with E-state index >= 15 is 0 Å². The van der Waals surface area contributed by atoms with Crippen molar-refractivity contribution in [1.29, 1.82) is 0 Å². The Bertz CT molecular complexity index is 443. The Morgan fingerprint density at radius 3 is 2.50 bits per heavy atom. The zero-order valence-corrected chi connectivity index (χ0v) is 12.8. The average molecular weight is 288 g/mol. The molecule has 0 radical (unpaired) electrons. The highest BCUT2D eigenvalue weighted by molar-refractivity contribution is 6.42. The van der Waals surface area contributed by atoms with Crippen LogP contribution in [0.2, 0.25) is 10.0 Å². The van der Waals surface area contributed by atoms with Gasteiger partial charge in [-0.2, -0.15) is 0 Å². The minimum Gasteiger partial charge on any atom is -0.341 e. The highest BCUT2D eigenvalue weighted by atomic mass is 35.5. The molecular weight excluding hydrogens is 269 g/mol. The summed E-state index contributed by atoms with van der Waals surface area (Å²) >= 11 is 12.1. The number of rotatable bonds is 4. The zero-order valence-electron chi connectivity index (χ0n) is 11.3. The number of benzene rings is 1. The second kappa shape index (κ2) is 5.94. The van der Waals surface area contributed by atoms with Crippen LogP contribution < -0.4 is 0 Å². The van der Waals surface area contributed by atoms with Gasteiger partial charge in [0.15, 0.2) is 0 Å². The molecule has 0 spiro atoms. The van der Waals surface area contributed by atoms with Crippen molar-refractivity contribution in [3.8, 4) is 0 Å². The van der Waals surface area contributed by atoms with Crippen molar-refractivity contribution in [1.82, 2.24) is 4.90 Å². The molecule has 0 aliphatic rings. The van der Waals surface area contributed by atoms with E-state index in [-0.39, 0.29) is 11.3 Å². The van der Waals surface area contributed by atoms with E-state index in [1.54, 1.807) is 18.0 Å². The third-order valence-electron chi connectivity index (χ3n) is 3.25. The van der Waals surface area contributed by atoms with E-state index in [9.17, 15) is 4.79 Å². The van der Waals surface area contributed by atoms with Crippen LogP contribution in [-0.4, -0.2) is 17.9 Å². The Balaban J connectivity index is 2.85. The predicted octanol–water partition coefficient (Wildman–Crippen LogP) is 4.39. The number of hydrogen-bond acceptors (Lipinski definition) is 1. The molecule has 4 heteroatoms. The van der Waals surface area contributed by atoms with Crippen LogP contribution in [0, 0.1) is 5.41 Å². The minimum absolute atomic E-state index is 0.112. The van der Waals surface area contributed by atoms with Gasteiger partial charge in [-0.05, 0) is 18.1 Å². The molecule has 0 unspecified atom stereocenters. The Hall–Kier alpha value is -0.730. The molecule has 1 amide bonds. The normalized spacial score (nSPS) is 11.4. The summed E-state index contributed by atoms with van der Waals surface area (Å²) < 4.78 is 0. The number of nitrogens with zero attached hydrogens (tertiary/aromatic N) is 1. The van der Waals surface area contributed by atoms with Crippen LogP contribution in [0.25, 0.3) is 0 Å². The standard InChI is InChI=1S/C14H19Cl2NO/c1-5-14(2,3)13(18)17(4)9-10-7-6-8-11(15)12(10)16/h6-8H,5,9H2,1-4H3. The van der Waals surface area contributed by atoms with E-state index in [1.165, 1.54) is 0 Å². The topological polar surface area (TPSA) is 20.3 Å². The first-order valence-corrected chi connectivity index (χ1v) is 6.73. The number of carbonyl (C=O) groups excluding carboxylic acids is 1. The van der Waals surface area contributed by atoms with Crippen LogP contribution in [0.3, 0.4) is 0 Å². The van der Waals surface area contributed by atoms with Crippen molar-refractivity contribution >= 4 is 29.1 Å². The Labute approximate surface area is 119 Å². The molecule has 0 aliphatic carbocycles. The van der Waals surface area contributed by atoms with Crippen LogP contribution in [0.4, 0.5) is 0 Å². The second-order valence-corrected chi connectivity index (χ2v) is 5.90. The Morgan fingerprint density at radius 2 is 1.94 bits per heavy atom. The first kappa shape index (κ1) is 15.3. The lowest BCUT2D eigenvalue weighted by molar-refractivity contribution is -0.139. The molecule has 0 bridgehead atoms. The fraction of sp³-hybridized carbons (Fsp3) is 0.500. The number of amides is 1. The maximum absolute atomic E-state index is 12.2. The largest absolute Gasteiger partial charge is 0.341 e. The third-order valence-corrected chi connectivity index (χ3v) is 4.11. The van der Waals surface area contributed by atoms with Gasteiger partial charge in [-0.3, -0.25) is 4.79 Å². The van der Waals surface area contributed by atoms with Crippen molar-refractivity contribution in [2.75, 3.05) is 7.05 Å². The fourth-order valence-electron chi connectivity index (χ4n) is 1.67. The first-order chi connectivity index (χ1) is 8.29. The summed E-state index contributed by atoms with van der Waals surface area (Å²) in [5.74, 6) is 0.112. The molecule has 0 fully saturated rings. The molecule has 0 saturated carbocycles. The van der Waals surface area contributed by atoms with Gasteiger partial charge in [0, 0.05) is 19.0 Å². The number of halogens is 2. The molecule has 1 aromatic carbocycles. The highest BCUT2D eigenvalue weighted by Gasteiger charge is 2.28. The quantitative estimate of drug-likeness (QED) is 0.804. The van der Waals surface area contributed by atoms with Crippen molar-refractivity contribution in [3.05, 3.63) is 33.8 Å². The minimum atomic E-state index is -0.347. The van der Waals surface area contributed by atoms with Gasteiger partial charge in [0.1, 0.15) is 0 Å². The fourth-order valence-corrected chi connectivity index (χ4v) is 2.05. The molecule has 100 valence electrons. The first-order valence-electron chi connectivity index (χ1n) is 5.98. The van der Waals surface area contributed by atoms with Crippen LogP contribution in [-0.2, 0) is 11.3 Å². The SMILES string of the molecule is CCC(C)(C)C(=O)N(C)Cc1cccc(Cl)c1Cl. The van der Waals surface area contributed by atoms with Gasteiger partial charge in [-0.15, -0.1) is 0 Å². The molecule has 0 aliphatic heterocycles. The summed E-state index contributed by atoms with van der Waals surface area (Å²) in [6.07, 6.45) is 0.805. The molecule has 1 rings (SSSR count). The second-order valence-electron chi connectivity index (χ2n) is 5.11. The maximum atomic E-state index is 12.2. The summed E-state index contributed by atoms with van der Waals surface area (Å²) in [4.78, 5) is 13.9. The Morgan fingerprint density at radius 1 is 1.33 bits per heavy atom. The summed E-state index contributed by atoms with van der Waals surface area (Å²) in [6.45, 7) is 6.39. The van der Waals surface area contributed by atoms with E-state index in [4.69, 9.17) is 23.2 Å². The molecule has 2 nitrogen and oxygen atoms in total. The van der Waals surface area contributed by atoms with Gasteiger partial charge in [-0.1, -0.05) is 56.1 Å². The average Bonchev–Trinajstić information content (AvgIpc) is 2.33. The van der Waals surface area contributed by atoms with Gasteiger partial charge in [0.05, 0.1) is 10.0 Å². The molecule has 0 N–H and O–H groups in total. The van der Waals surface area contributed by atoms with E-state index in [1.807, 2.05) is 32.9 Å². The van der Waals surface area contributed by atoms with Gasteiger partial charge >= 0.3 is 0 Å². The molecule has 18 heavy (non-hydrogen) atoms. The predicted molar refractivity (Wildman–Crippen MR) is 77.0 cm³/mol. The third kappa shape index (κ3) is 3.39. The summed E-state index contributed by atoms with van der Waals surface area (Å²) in [5, 5.41) is 1.04. The van der Waals surface area contributed by atoms with Crippen LogP contribution >= 0.6 is 23.2 Å². The highest BCUT2D eigenvalue weighted by Crippen LogP contribution is 2.28. The van der Waals surface area contributed by atoms with Crippen LogP contribution in [0.1, 0.15) is 32.8 Å². The van der Waals surface area contributed by atoms with E-state index < -0.39 is 0 Å². The van der Waals surface area contributed by atoms with E-state index in [0.29, 0.717) is 16.6 Å². The van der Waals surface area contributed by atoms with Crippen LogP contribution in [0.15, 0.2) is 18.2 Å². The van der Waals surface area contributed by atoms with Crippen molar-refractivity contribution in [2.45, 2.75) is 33.7 Å². The number of hydrogen-bond donors (Lipinski definition) is 0. The van der Waals surface area contributed by atoms with Crippen molar-refractivity contribution in [3.63, 3.8) is 0 Å². The summed E-state index contributed by atoms with van der Waals surface area (Å²) in [5.41, 5.74) is 0.520. The maximum Gasteiger partial charge on any atom is 0.228 e. The lowest BCUT2D eigenvalue weighted by Crippen LogP contribution is -2.37. The Kier molecular flexibility index (Phi) is 5.06. The van der Waals surface area contributed by atoms with Crippen molar-refractivity contribution in [2.24, 2.45) is 5.41 Å². The van der Waals surface area contributed by atoms with Gasteiger partial charge in [0.25, 0.3) is 0 Å². The monoisotopic (exact) mass is 287 g/mol. The van der Waals surface area contributed by atoms with Gasteiger partial charge < -0.3 is 4.90 Å². The summed E-state index contributed by atoms with van der Waals surface area (Å²) in [6, 6.07) is 5.47. The smallest absolute Gasteiger partial charge is 0.228 e. The molecule has 0 atom stereocenters. The lowest BCUT2D eigenvalue weighted by Gasteiger charge is -2.28. The molecular formula is C14H19Cl2NO. The molecule has 1 aromatic rings. The number of carbonyl (C=O) groups is 1. The van der Waals surface area contributed by atoms with Crippen molar-refractivity contribution < 1.29 is 4.79 Å².